The van der Waals surface area contributed by atoms with Gasteiger partial charge in [-0.1, -0.05) is 29.5 Å². The minimum atomic E-state index is -0.377. The van der Waals surface area contributed by atoms with Gasteiger partial charge < -0.3 is 14.7 Å². The lowest BCUT2D eigenvalue weighted by atomic mass is 10.1. The van der Waals surface area contributed by atoms with E-state index in [-0.39, 0.29) is 5.82 Å². The van der Waals surface area contributed by atoms with Crippen LogP contribution in [0, 0.1) is 5.82 Å². The zero-order valence-electron chi connectivity index (χ0n) is 16.6. The molecule has 0 aliphatic heterocycles. The van der Waals surface area contributed by atoms with Crippen LogP contribution in [0.2, 0.25) is 0 Å². The average molecular weight is 426 g/mol. The van der Waals surface area contributed by atoms with Crippen LogP contribution in [0.3, 0.4) is 0 Å². The Balaban J connectivity index is 1.47. The van der Waals surface area contributed by atoms with Gasteiger partial charge in [0.1, 0.15) is 40.5 Å². The fraction of sp³-hybridized carbons (Fsp3) is 0.0455. The first-order valence-electron chi connectivity index (χ1n) is 9.77. The topological polar surface area (TPSA) is 113 Å². The Kier molecular flexibility index (Phi) is 3.97. The maximum atomic E-state index is 14.1. The lowest BCUT2D eigenvalue weighted by Gasteiger charge is -2.02. The second-order valence-electron chi connectivity index (χ2n) is 7.24. The fourth-order valence-electron chi connectivity index (χ4n) is 3.87. The second-order valence-corrected chi connectivity index (χ2v) is 7.24. The Morgan fingerprint density at radius 2 is 1.88 bits per heavy atom. The number of nitrogen functional groups attached to an aromatic ring is 1. The Morgan fingerprint density at radius 1 is 0.969 bits per heavy atom. The zero-order chi connectivity index (χ0) is 21.7. The predicted molar refractivity (Wildman–Crippen MR) is 115 cm³/mol. The summed E-state index contributed by atoms with van der Waals surface area (Å²) in [5.41, 5.74) is 10.9. The van der Waals surface area contributed by atoms with Crippen molar-refractivity contribution in [1.82, 2.24) is 34.5 Å². The van der Waals surface area contributed by atoms with Crippen LogP contribution in [-0.2, 0) is 6.54 Å². The predicted octanol–water partition coefficient (Wildman–Crippen LogP) is 3.59. The molecule has 0 amide bonds. The van der Waals surface area contributed by atoms with E-state index < -0.39 is 0 Å². The van der Waals surface area contributed by atoms with Crippen molar-refractivity contribution in [1.29, 1.82) is 0 Å². The van der Waals surface area contributed by atoms with Crippen LogP contribution in [0.1, 0.15) is 5.69 Å². The Labute approximate surface area is 180 Å². The molecule has 2 N–H and O–H groups in total. The highest BCUT2D eigenvalue weighted by molar-refractivity contribution is 6.05. The van der Waals surface area contributed by atoms with Crippen molar-refractivity contribution in [2.45, 2.75) is 6.54 Å². The van der Waals surface area contributed by atoms with E-state index in [4.69, 9.17) is 10.2 Å². The van der Waals surface area contributed by atoms with Crippen LogP contribution in [0.4, 0.5) is 10.2 Å². The van der Waals surface area contributed by atoms with E-state index in [2.05, 4.69) is 25.3 Å². The molecule has 0 saturated carbocycles. The molecule has 10 heteroatoms. The second kappa shape index (κ2) is 6.98. The van der Waals surface area contributed by atoms with E-state index >= 15 is 0 Å². The van der Waals surface area contributed by atoms with Gasteiger partial charge in [-0.05, 0) is 18.2 Å². The minimum absolute atomic E-state index is 0.327. The molecular weight excluding hydrogens is 411 g/mol. The molecule has 0 spiro atoms. The lowest BCUT2D eigenvalue weighted by molar-refractivity contribution is 0.603. The molecule has 4 aromatic heterocycles. The molecule has 0 radical (unpaired) electrons. The van der Waals surface area contributed by atoms with Gasteiger partial charge in [0, 0.05) is 17.3 Å². The normalized spacial score (nSPS) is 11.5. The number of aromatic nitrogens is 7. The molecule has 32 heavy (non-hydrogen) atoms. The van der Waals surface area contributed by atoms with E-state index in [0.717, 1.165) is 16.6 Å². The van der Waals surface area contributed by atoms with Gasteiger partial charge in [-0.2, -0.15) is 0 Å². The molecule has 0 fully saturated rings. The molecule has 2 aromatic carbocycles. The summed E-state index contributed by atoms with van der Waals surface area (Å²) in [6, 6.07) is 12.1. The highest BCUT2D eigenvalue weighted by Crippen LogP contribution is 2.36. The Morgan fingerprint density at radius 3 is 2.78 bits per heavy atom. The number of anilines is 1. The average Bonchev–Trinajstić information content (AvgIpc) is 3.54. The summed E-state index contributed by atoms with van der Waals surface area (Å²) in [5, 5.41) is 8.98. The van der Waals surface area contributed by atoms with E-state index in [1.165, 1.54) is 23.5 Å². The third-order valence-corrected chi connectivity index (χ3v) is 5.30. The van der Waals surface area contributed by atoms with Crippen LogP contribution in [0.15, 0.2) is 72.0 Å². The summed E-state index contributed by atoms with van der Waals surface area (Å²) in [6.07, 6.45) is 6.44. The number of fused-ring (bicyclic) bond motifs is 2. The maximum Gasteiger partial charge on any atom is 0.182 e. The van der Waals surface area contributed by atoms with Crippen LogP contribution in [-0.4, -0.2) is 34.5 Å². The van der Waals surface area contributed by atoms with Crippen LogP contribution >= 0.6 is 0 Å². The number of benzene rings is 2. The van der Waals surface area contributed by atoms with E-state index in [1.807, 2.05) is 29.0 Å². The molecular formula is C22H15FN8O. The minimum Gasteiger partial charge on any atom is -0.443 e. The standard InChI is InChI=1S/C22H15FN8O/c23-16-5-1-2-7-18(16)31-9-13(28-29-31)8-30-10-15(19-21(24)25-11-26-22(19)30)14-4-3-6-17-20(14)32-12-27-17/h1-7,9-12H,8H2,(H2,24,25,26). The fourth-order valence-corrected chi connectivity index (χ4v) is 3.87. The number of para-hydroxylation sites is 2. The number of hydrogen-bond donors (Lipinski definition) is 1. The van der Waals surface area contributed by atoms with Crippen molar-refractivity contribution in [3.63, 3.8) is 0 Å². The number of nitrogens with zero attached hydrogens (tertiary/aromatic N) is 7. The van der Waals surface area contributed by atoms with Crippen molar-refractivity contribution in [2.75, 3.05) is 5.73 Å². The third-order valence-electron chi connectivity index (χ3n) is 5.30. The van der Waals surface area contributed by atoms with Gasteiger partial charge in [-0.3, -0.25) is 0 Å². The Bertz CT molecular complexity index is 1600. The molecule has 0 bridgehead atoms. The van der Waals surface area contributed by atoms with Crippen molar-refractivity contribution in [3.05, 3.63) is 79.1 Å². The largest absolute Gasteiger partial charge is 0.443 e. The SMILES string of the molecule is Nc1ncnc2c1c(-c1cccc3ncoc13)cn2Cc1cn(-c2ccccc2F)nn1. The van der Waals surface area contributed by atoms with E-state index in [1.54, 1.807) is 24.4 Å². The molecule has 156 valence electrons. The van der Waals surface area contributed by atoms with Gasteiger partial charge >= 0.3 is 0 Å². The highest BCUT2D eigenvalue weighted by atomic mass is 19.1. The van der Waals surface area contributed by atoms with Crippen molar-refractivity contribution in [2.24, 2.45) is 0 Å². The highest BCUT2D eigenvalue weighted by Gasteiger charge is 2.19. The lowest BCUT2D eigenvalue weighted by Crippen LogP contribution is -2.01. The zero-order valence-corrected chi connectivity index (χ0v) is 16.6. The first-order valence-corrected chi connectivity index (χ1v) is 9.77. The van der Waals surface area contributed by atoms with Gasteiger partial charge in [0.2, 0.25) is 0 Å². The number of halogens is 1. The first kappa shape index (κ1) is 18.2. The van der Waals surface area contributed by atoms with Crippen LogP contribution in [0.25, 0.3) is 38.9 Å². The monoisotopic (exact) mass is 426 g/mol. The molecule has 0 saturated heterocycles. The first-order chi connectivity index (χ1) is 15.7. The van der Waals surface area contributed by atoms with Gasteiger partial charge in [0.25, 0.3) is 0 Å². The molecule has 0 aliphatic rings. The molecule has 6 aromatic rings. The van der Waals surface area contributed by atoms with Crippen molar-refractivity contribution < 1.29 is 8.81 Å². The molecule has 0 unspecified atom stereocenters. The number of hydrogen-bond acceptors (Lipinski definition) is 7. The quantitative estimate of drug-likeness (QED) is 0.458. The van der Waals surface area contributed by atoms with Gasteiger partial charge in [-0.25, -0.2) is 24.0 Å². The maximum absolute atomic E-state index is 14.1. The van der Waals surface area contributed by atoms with Crippen molar-refractivity contribution >= 4 is 28.0 Å². The summed E-state index contributed by atoms with van der Waals surface area (Å²) in [4.78, 5) is 12.8. The molecule has 6 rings (SSSR count). The Hall–Kier alpha value is -4.60. The number of rotatable bonds is 4. The van der Waals surface area contributed by atoms with Crippen LogP contribution in [0.5, 0.6) is 0 Å². The number of oxazole rings is 1. The summed E-state index contributed by atoms with van der Waals surface area (Å²) < 4.78 is 23.1. The van der Waals surface area contributed by atoms with Crippen LogP contribution < -0.4 is 5.73 Å². The van der Waals surface area contributed by atoms with E-state index in [0.29, 0.717) is 40.4 Å². The molecule has 4 heterocycles. The molecule has 9 nitrogen and oxygen atoms in total. The molecule has 0 atom stereocenters. The summed E-state index contributed by atoms with van der Waals surface area (Å²) >= 11 is 0. The van der Waals surface area contributed by atoms with Gasteiger partial charge in [0.15, 0.2) is 12.0 Å². The van der Waals surface area contributed by atoms with Crippen molar-refractivity contribution in [3.8, 4) is 16.8 Å². The van der Waals surface area contributed by atoms with Gasteiger partial charge in [0.05, 0.1) is 18.1 Å². The summed E-state index contributed by atoms with van der Waals surface area (Å²) in [6.45, 7) is 0.355. The smallest absolute Gasteiger partial charge is 0.182 e. The summed E-state index contributed by atoms with van der Waals surface area (Å²) in [5.74, 6) is -0.0198. The molecule has 0 aliphatic carbocycles. The van der Waals surface area contributed by atoms with E-state index in [9.17, 15) is 4.39 Å². The summed E-state index contributed by atoms with van der Waals surface area (Å²) in [7, 11) is 0. The third kappa shape index (κ3) is 2.81. The van der Waals surface area contributed by atoms with Gasteiger partial charge in [-0.15, -0.1) is 5.10 Å². The number of nitrogens with two attached hydrogens (primary N) is 1.